The SMILES string of the molecule is CC(C)(CO)C(=O)OC(=O)C(C)(C)CO.O=C(O)c1ccc(C(=O)O)cc1. The Morgan fingerprint density at radius 2 is 1.00 bits per heavy atom. The first-order valence-corrected chi connectivity index (χ1v) is 7.83. The number of carboxylic acids is 2. The summed E-state index contributed by atoms with van der Waals surface area (Å²) >= 11 is 0. The summed E-state index contributed by atoms with van der Waals surface area (Å²) in [5.74, 6) is -3.72. The molecule has 0 heterocycles. The summed E-state index contributed by atoms with van der Waals surface area (Å²) in [6, 6.07) is 5.02. The van der Waals surface area contributed by atoms with E-state index in [1.165, 1.54) is 52.0 Å². The lowest BCUT2D eigenvalue weighted by molar-refractivity contribution is -0.174. The molecular weight excluding hydrogens is 360 g/mol. The minimum Gasteiger partial charge on any atom is -0.478 e. The van der Waals surface area contributed by atoms with Crippen molar-refractivity contribution >= 4 is 23.9 Å². The van der Waals surface area contributed by atoms with Gasteiger partial charge in [-0.2, -0.15) is 0 Å². The van der Waals surface area contributed by atoms with Crippen molar-refractivity contribution < 1.29 is 44.3 Å². The van der Waals surface area contributed by atoms with E-state index >= 15 is 0 Å². The van der Waals surface area contributed by atoms with Gasteiger partial charge in [-0.05, 0) is 52.0 Å². The fourth-order valence-corrected chi connectivity index (χ4v) is 1.24. The number of carboxylic acid groups (broad SMARTS) is 2. The molecule has 4 N–H and O–H groups in total. The van der Waals surface area contributed by atoms with Crippen LogP contribution in [0.15, 0.2) is 24.3 Å². The van der Waals surface area contributed by atoms with Crippen molar-refractivity contribution in [2.45, 2.75) is 27.7 Å². The van der Waals surface area contributed by atoms with E-state index in [9.17, 15) is 19.2 Å². The maximum Gasteiger partial charge on any atom is 0.335 e. The molecule has 0 fully saturated rings. The smallest absolute Gasteiger partial charge is 0.335 e. The number of rotatable bonds is 6. The van der Waals surface area contributed by atoms with Gasteiger partial charge < -0.3 is 25.2 Å². The Kier molecular flexibility index (Phi) is 8.78. The van der Waals surface area contributed by atoms with Crippen molar-refractivity contribution in [3.63, 3.8) is 0 Å². The van der Waals surface area contributed by atoms with E-state index in [2.05, 4.69) is 4.74 Å². The van der Waals surface area contributed by atoms with E-state index in [0.717, 1.165) is 0 Å². The number of hydrogen-bond acceptors (Lipinski definition) is 7. The van der Waals surface area contributed by atoms with E-state index in [1.807, 2.05) is 0 Å². The van der Waals surface area contributed by atoms with Crippen molar-refractivity contribution in [3.05, 3.63) is 35.4 Å². The second-order valence-corrected chi connectivity index (χ2v) is 6.95. The van der Waals surface area contributed by atoms with Crippen LogP contribution in [0.3, 0.4) is 0 Å². The van der Waals surface area contributed by atoms with Gasteiger partial charge in [-0.15, -0.1) is 0 Å². The first-order chi connectivity index (χ1) is 12.3. The summed E-state index contributed by atoms with van der Waals surface area (Å²) in [4.78, 5) is 43.4. The standard InChI is InChI=1S/C10H18O5.C8H6O4/c1-9(2,5-11)7(13)15-8(14)10(3,4)6-12;9-7(10)5-1-2-6(4-3-5)8(11)12/h11-12H,5-6H2,1-4H3;1-4H,(H,9,10)(H,11,12). The molecule has 0 amide bonds. The number of ether oxygens (including phenoxy) is 1. The molecule has 0 spiro atoms. The highest BCUT2D eigenvalue weighted by molar-refractivity contribution is 5.92. The number of aliphatic hydroxyl groups excluding tert-OH is 2. The summed E-state index contributed by atoms with van der Waals surface area (Å²) in [6.45, 7) is 5.06. The maximum atomic E-state index is 11.4. The molecule has 0 atom stereocenters. The van der Waals surface area contributed by atoms with Gasteiger partial charge >= 0.3 is 23.9 Å². The summed E-state index contributed by atoms with van der Waals surface area (Å²) in [6.07, 6.45) is 0. The van der Waals surface area contributed by atoms with Gasteiger partial charge in [0.05, 0.1) is 35.2 Å². The Morgan fingerprint density at radius 3 is 1.19 bits per heavy atom. The number of hydrogen-bond donors (Lipinski definition) is 4. The van der Waals surface area contributed by atoms with Crippen LogP contribution in [0, 0.1) is 10.8 Å². The van der Waals surface area contributed by atoms with Crippen molar-refractivity contribution in [2.75, 3.05) is 13.2 Å². The molecule has 0 aliphatic carbocycles. The summed E-state index contributed by atoms with van der Waals surface area (Å²) in [7, 11) is 0. The maximum absolute atomic E-state index is 11.4. The molecule has 0 saturated heterocycles. The van der Waals surface area contributed by atoms with E-state index in [4.69, 9.17) is 20.4 Å². The van der Waals surface area contributed by atoms with Gasteiger partial charge in [0, 0.05) is 0 Å². The Bertz CT molecular complexity index is 628. The average Bonchev–Trinajstić information content (AvgIpc) is 2.61. The molecule has 9 heteroatoms. The minimum atomic E-state index is -1.11. The van der Waals surface area contributed by atoms with Crippen LogP contribution in [0.5, 0.6) is 0 Å². The Morgan fingerprint density at radius 1 is 0.741 bits per heavy atom. The highest BCUT2D eigenvalue weighted by Gasteiger charge is 2.36. The molecule has 0 unspecified atom stereocenters. The van der Waals surface area contributed by atoms with Crippen LogP contribution in [-0.2, 0) is 14.3 Å². The third kappa shape index (κ3) is 7.55. The first-order valence-electron chi connectivity index (χ1n) is 7.83. The predicted octanol–water partition coefficient (Wildman–Crippen LogP) is 1.18. The second kappa shape index (κ2) is 9.79. The normalized spacial score (nSPS) is 11.0. The predicted molar refractivity (Wildman–Crippen MR) is 93.2 cm³/mol. The molecule has 0 aromatic heterocycles. The third-order valence-electron chi connectivity index (χ3n) is 3.46. The van der Waals surface area contributed by atoms with Crippen molar-refractivity contribution in [2.24, 2.45) is 10.8 Å². The lowest BCUT2D eigenvalue weighted by Gasteiger charge is -2.23. The first kappa shape index (κ1) is 24.2. The molecule has 0 aliphatic heterocycles. The van der Waals surface area contributed by atoms with Crippen molar-refractivity contribution in [3.8, 4) is 0 Å². The highest BCUT2D eigenvalue weighted by atomic mass is 16.6. The molecule has 150 valence electrons. The number of aromatic carboxylic acids is 2. The van der Waals surface area contributed by atoms with Crippen LogP contribution >= 0.6 is 0 Å². The molecule has 27 heavy (non-hydrogen) atoms. The van der Waals surface area contributed by atoms with Crippen LogP contribution in [-0.4, -0.2) is 57.5 Å². The van der Waals surface area contributed by atoms with Gasteiger partial charge in [0.2, 0.25) is 0 Å². The summed E-state index contributed by atoms with van der Waals surface area (Å²) in [5.41, 5.74) is -2.05. The van der Waals surface area contributed by atoms with Gasteiger partial charge in [-0.1, -0.05) is 0 Å². The second-order valence-electron chi connectivity index (χ2n) is 6.95. The molecule has 1 aromatic carbocycles. The van der Waals surface area contributed by atoms with Gasteiger partial charge in [0.15, 0.2) is 0 Å². The monoisotopic (exact) mass is 384 g/mol. The molecule has 1 aromatic rings. The third-order valence-corrected chi connectivity index (χ3v) is 3.46. The topological polar surface area (TPSA) is 158 Å². The number of aliphatic hydroxyl groups is 2. The summed E-state index contributed by atoms with van der Waals surface area (Å²) < 4.78 is 4.56. The van der Waals surface area contributed by atoms with Gasteiger partial charge in [-0.25, -0.2) is 9.59 Å². The minimum absolute atomic E-state index is 0.0833. The summed E-state index contributed by atoms with van der Waals surface area (Å²) in [5, 5.41) is 34.7. The van der Waals surface area contributed by atoms with Crippen LogP contribution in [0.1, 0.15) is 48.4 Å². The largest absolute Gasteiger partial charge is 0.478 e. The fourth-order valence-electron chi connectivity index (χ4n) is 1.24. The van der Waals surface area contributed by atoms with E-state index in [1.54, 1.807) is 0 Å². The molecule has 0 radical (unpaired) electrons. The van der Waals surface area contributed by atoms with Gasteiger partial charge in [-0.3, -0.25) is 9.59 Å². The lowest BCUT2D eigenvalue weighted by Crippen LogP contribution is -2.38. The Balaban J connectivity index is 0.000000511. The van der Waals surface area contributed by atoms with Gasteiger partial charge in [0.1, 0.15) is 0 Å². The Labute approximate surface area is 156 Å². The number of esters is 2. The lowest BCUT2D eigenvalue weighted by atomic mass is 9.93. The van der Waals surface area contributed by atoms with Crippen LogP contribution < -0.4 is 0 Å². The zero-order valence-corrected chi connectivity index (χ0v) is 15.6. The zero-order chi connectivity index (χ0) is 21.4. The van der Waals surface area contributed by atoms with E-state index in [0.29, 0.717) is 0 Å². The van der Waals surface area contributed by atoms with Crippen molar-refractivity contribution in [1.29, 1.82) is 0 Å². The number of carbonyl (C=O) groups is 4. The molecule has 0 bridgehead atoms. The average molecular weight is 384 g/mol. The highest BCUT2D eigenvalue weighted by Crippen LogP contribution is 2.21. The van der Waals surface area contributed by atoms with Crippen LogP contribution in [0.4, 0.5) is 0 Å². The number of carbonyl (C=O) groups excluding carboxylic acids is 2. The molecule has 9 nitrogen and oxygen atoms in total. The van der Waals surface area contributed by atoms with Crippen molar-refractivity contribution in [1.82, 2.24) is 0 Å². The van der Waals surface area contributed by atoms with Gasteiger partial charge in [0.25, 0.3) is 0 Å². The number of benzene rings is 1. The Hall–Kier alpha value is -2.78. The molecule has 0 saturated carbocycles. The fraction of sp³-hybridized carbons (Fsp3) is 0.444. The molecular formula is C18H24O9. The quantitative estimate of drug-likeness (QED) is 0.417. The van der Waals surface area contributed by atoms with Crippen LogP contribution in [0.25, 0.3) is 0 Å². The van der Waals surface area contributed by atoms with E-state index in [-0.39, 0.29) is 11.1 Å². The van der Waals surface area contributed by atoms with Crippen LogP contribution in [0.2, 0.25) is 0 Å². The zero-order valence-electron chi connectivity index (χ0n) is 15.6. The molecule has 1 rings (SSSR count). The molecule has 0 aliphatic rings. The van der Waals surface area contributed by atoms with E-state index < -0.39 is 47.9 Å².